The molecule has 0 bridgehead atoms. The van der Waals surface area contributed by atoms with E-state index in [1.54, 1.807) is 25.3 Å². The second-order valence-corrected chi connectivity index (χ2v) is 6.06. The van der Waals surface area contributed by atoms with Gasteiger partial charge in [0.25, 0.3) is 0 Å². The number of nitrogens with one attached hydrogen (secondary N) is 1. The predicted molar refractivity (Wildman–Crippen MR) is 97.2 cm³/mol. The van der Waals surface area contributed by atoms with Gasteiger partial charge in [-0.05, 0) is 11.6 Å². The van der Waals surface area contributed by atoms with Crippen LogP contribution in [0.3, 0.4) is 0 Å². The van der Waals surface area contributed by atoms with Crippen LogP contribution >= 0.6 is 0 Å². The summed E-state index contributed by atoms with van der Waals surface area (Å²) in [5, 5.41) is 13.7. The Balaban J connectivity index is 2.33. The van der Waals surface area contributed by atoms with Crippen molar-refractivity contribution in [3.63, 3.8) is 0 Å². The van der Waals surface area contributed by atoms with Gasteiger partial charge in [-0.2, -0.15) is 0 Å². The molecular formula is C19H24N2O6. The Morgan fingerprint density at radius 2 is 1.96 bits per heavy atom. The van der Waals surface area contributed by atoms with Crippen LogP contribution in [0, 0.1) is 0 Å². The van der Waals surface area contributed by atoms with Crippen molar-refractivity contribution >= 4 is 17.7 Å². The minimum absolute atomic E-state index is 0.0883. The lowest BCUT2D eigenvalue weighted by molar-refractivity contribution is -0.140. The van der Waals surface area contributed by atoms with Gasteiger partial charge in [0.2, 0.25) is 5.78 Å². The van der Waals surface area contributed by atoms with E-state index in [0.29, 0.717) is 16.8 Å². The molecule has 2 rings (SSSR count). The van der Waals surface area contributed by atoms with Gasteiger partial charge in [0, 0.05) is 45.6 Å². The van der Waals surface area contributed by atoms with Gasteiger partial charge < -0.3 is 24.8 Å². The van der Waals surface area contributed by atoms with Gasteiger partial charge in [-0.3, -0.25) is 14.4 Å². The molecule has 1 heterocycles. The first-order valence-electron chi connectivity index (χ1n) is 8.58. The van der Waals surface area contributed by atoms with Gasteiger partial charge in [0.1, 0.15) is 19.3 Å². The number of ketones is 1. The normalized spacial score (nSPS) is 19.9. The first-order chi connectivity index (χ1) is 12.8. The van der Waals surface area contributed by atoms with Crippen LogP contribution in [-0.2, 0) is 23.9 Å². The van der Waals surface area contributed by atoms with Gasteiger partial charge in [0.05, 0.1) is 11.4 Å². The number of rotatable bonds is 8. The van der Waals surface area contributed by atoms with Crippen LogP contribution in [0.5, 0.6) is 0 Å². The summed E-state index contributed by atoms with van der Waals surface area (Å²) in [5.74, 6) is -1.13. The molecule has 8 heteroatoms. The van der Waals surface area contributed by atoms with Crippen LogP contribution in [0.25, 0.3) is 0 Å². The third-order valence-electron chi connectivity index (χ3n) is 4.00. The van der Waals surface area contributed by atoms with E-state index >= 15 is 0 Å². The van der Waals surface area contributed by atoms with Crippen molar-refractivity contribution in [2.75, 3.05) is 33.4 Å². The molecule has 0 saturated carbocycles. The standard InChI is InChI=1S/C19H24N2O6/c1-12(22)26-9-5-4-6-14(11-27-13(2)23)17-18(20-3)16(24)10-15(19(17)25)21-7-8-21/h4-6,10,19-20,25H,7-9,11H2,1-3H3/b5-4+,14-6+. The second-order valence-electron chi connectivity index (χ2n) is 6.06. The van der Waals surface area contributed by atoms with Gasteiger partial charge in [-0.1, -0.05) is 12.2 Å². The van der Waals surface area contributed by atoms with E-state index in [9.17, 15) is 19.5 Å². The van der Waals surface area contributed by atoms with Gasteiger partial charge in [-0.25, -0.2) is 0 Å². The third kappa shape index (κ3) is 5.55. The number of nitrogens with zero attached hydrogens (tertiary/aromatic N) is 1. The average molecular weight is 376 g/mol. The average Bonchev–Trinajstić information content (AvgIpc) is 3.43. The second kappa shape index (κ2) is 9.18. The molecule has 0 spiro atoms. The zero-order valence-electron chi connectivity index (χ0n) is 15.7. The first kappa shape index (κ1) is 20.4. The van der Waals surface area contributed by atoms with Gasteiger partial charge in [-0.15, -0.1) is 0 Å². The topological polar surface area (TPSA) is 105 Å². The fourth-order valence-electron chi connectivity index (χ4n) is 2.67. The molecule has 8 nitrogen and oxygen atoms in total. The number of likely N-dealkylation sites (N-methyl/N-ethyl adjacent to an activating group) is 1. The van der Waals surface area contributed by atoms with Crippen molar-refractivity contribution in [1.82, 2.24) is 10.2 Å². The molecule has 146 valence electrons. The highest BCUT2D eigenvalue weighted by atomic mass is 16.5. The maximum atomic E-state index is 12.5. The van der Waals surface area contributed by atoms with Crippen molar-refractivity contribution in [2.24, 2.45) is 0 Å². The number of allylic oxidation sites excluding steroid dienone is 3. The molecule has 1 aliphatic heterocycles. The van der Waals surface area contributed by atoms with E-state index in [2.05, 4.69) is 5.32 Å². The van der Waals surface area contributed by atoms with E-state index in [1.165, 1.54) is 19.9 Å². The van der Waals surface area contributed by atoms with E-state index in [0.717, 1.165) is 13.1 Å². The molecule has 0 aromatic rings. The Morgan fingerprint density at radius 3 is 2.52 bits per heavy atom. The maximum Gasteiger partial charge on any atom is 0.302 e. The van der Waals surface area contributed by atoms with Crippen LogP contribution in [-0.4, -0.2) is 67.2 Å². The largest absolute Gasteiger partial charge is 0.462 e. The van der Waals surface area contributed by atoms with Crippen LogP contribution < -0.4 is 5.32 Å². The molecule has 0 aromatic carbocycles. The van der Waals surface area contributed by atoms with Crippen molar-refractivity contribution < 1.29 is 29.0 Å². The Hall–Kier alpha value is -2.87. The van der Waals surface area contributed by atoms with E-state index in [-0.39, 0.29) is 24.7 Å². The summed E-state index contributed by atoms with van der Waals surface area (Å²) in [5.41, 5.74) is 1.62. The zero-order chi connectivity index (χ0) is 20.0. The molecule has 1 fully saturated rings. The Bertz CT molecular complexity index is 743. The molecule has 1 aliphatic carbocycles. The molecule has 0 radical (unpaired) electrons. The molecule has 1 atom stereocenters. The van der Waals surface area contributed by atoms with Crippen molar-refractivity contribution in [3.05, 3.63) is 46.8 Å². The highest BCUT2D eigenvalue weighted by molar-refractivity contribution is 6.06. The number of carbonyl (C=O) groups excluding carboxylic acids is 3. The number of esters is 2. The van der Waals surface area contributed by atoms with Crippen LogP contribution in [0.2, 0.25) is 0 Å². The van der Waals surface area contributed by atoms with Crippen LogP contribution in [0.4, 0.5) is 0 Å². The number of aliphatic hydroxyl groups is 1. The molecule has 0 aromatic heterocycles. The van der Waals surface area contributed by atoms with E-state index < -0.39 is 18.0 Å². The van der Waals surface area contributed by atoms with Crippen molar-refractivity contribution in [1.29, 1.82) is 0 Å². The monoisotopic (exact) mass is 376 g/mol. The Morgan fingerprint density at radius 1 is 1.30 bits per heavy atom. The quantitative estimate of drug-likeness (QED) is 0.352. The van der Waals surface area contributed by atoms with Gasteiger partial charge in [0.15, 0.2) is 0 Å². The third-order valence-corrected chi connectivity index (χ3v) is 4.00. The fraction of sp³-hybridized carbons (Fsp3) is 0.421. The molecule has 27 heavy (non-hydrogen) atoms. The number of ether oxygens (including phenoxy) is 2. The molecular weight excluding hydrogens is 352 g/mol. The lowest BCUT2D eigenvalue weighted by Gasteiger charge is -2.27. The number of carbonyl (C=O) groups is 3. The molecule has 0 amide bonds. The van der Waals surface area contributed by atoms with E-state index in [1.807, 2.05) is 4.90 Å². The lowest BCUT2D eigenvalue weighted by Crippen LogP contribution is -2.33. The Kier molecular flexibility index (Phi) is 6.95. The molecule has 2 aliphatic rings. The summed E-state index contributed by atoms with van der Waals surface area (Å²) in [6, 6.07) is 0. The minimum atomic E-state index is -1.02. The summed E-state index contributed by atoms with van der Waals surface area (Å²) in [4.78, 5) is 36.4. The number of hydrogen-bond donors (Lipinski definition) is 2. The van der Waals surface area contributed by atoms with Crippen LogP contribution in [0.1, 0.15) is 13.8 Å². The van der Waals surface area contributed by atoms with Crippen molar-refractivity contribution in [3.8, 4) is 0 Å². The highest BCUT2D eigenvalue weighted by Gasteiger charge is 2.36. The number of hydrogen-bond acceptors (Lipinski definition) is 8. The summed E-state index contributed by atoms with van der Waals surface area (Å²) < 4.78 is 9.92. The predicted octanol–water partition coefficient (Wildman–Crippen LogP) is 0.212. The maximum absolute atomic E-state index is 12.5. The Labute approximate surface area is 157 Å². The molecule has 2 N–H and O–H groups in total. The summed E-state index contributed by atoms with van der Waals surface area (Å²) in [7, 11) is 1.59. The summed E-state index contributed by atoms with van der Waals surface area (Å²) >= 11 is 0. The van der Waals surface area contributed by atoms with E-state index in [4.69, 9.17) is 9.47 Å². The van der Waals surface area contributed by atoms with Gasteiger partial charge >= 0.3 is 11.9 Å². The minimum Gasteiger partial charge on any atom is -0.462 e. The summed E-state index contributed by atoms with van der Waals surface area (Å²) in [6.07, 6.45) is 5.26. The zero-order valence-corrected chi connectivity index (χ0v) is 15.7. The van der Waals surface area contributed by atoms with Crippen LogP contribution in [0.15, 0.2) is 46.8 Å². The van der Waals surface area contributed by atoms with Crippen molar-refractivity contribution in [2.45, 2.75) is 20.0 Å². The molecule has 1 saturated heterocycles. The number of aliphatic hydroxyl groups excluding tert-OH is 1. The fourth-order valence-corrected chi connectivity index (χ4v) is 2.67. The smallest absolute Gasteiger partial charge is 0.302 e. The first-order valence-corrected chi connectivity index (χ1v) is 8.58. The lowest BCUT2D eigenvalue weighted by atomic mass is 9.89. The highest BCUT2D eigenvalue weighted by Crippen LogP contribution is 2.32. The SMILES string of the molecule is CNC1=C(/C(=C/C=C/COC(C)=O)COC(C)=O)C(O)C(N2CC2)=CC1=O. The molecule has 1 unspecified atom stereocenters. The summed E-state index contributed by atoms with van der Waals surface area (Å²) in [6.45, 7) is 4.14.